The van der Waals surface area contributed by atoms with E-state index in [0.717, 1.165) is 5.56 Å². The standard InChI is InChI=1S/C22H23N3O4/c1-25(15-20(26)24-17-9-6-10-18(13-17)28-2)22(27)12-11-21-23-14-19(29-21)16-7-4-3-5-8-16/h3-10,13-14H,11-12,15H2,1-2H3,(H,24,26). The van der Waals surface area contributed by atoms with Crippen molar-refractivity contribution in [2.45, 2.75) is 12.8 Å². The van der Waals surface area contributed by atoms with Crippen molar-refractivity contribution in [3.8, 4) is 17.1 Å². The fourth-order valence-electron chi connectivity index (χ4n) is 2.77. The highest BCUT2D eigenvalue weighted by molar-refractivity contribution is 5.94. The second-order valence-electron chi connectivity index (χ2n) is 6.51. The molecule has 0 aliphatic rings. The molecule has 7 heteroatoms. The van der Waals surface area contributed by atoms with Gasteiger partial charge >= 0.3 is 0 Å². The number of rotatable bonds is 8. The monoisotopic (exact) mass is 393 g/mol. The summed E-state index contributed by atoms with van der Waals surface area (Å²) in [5.41, 5.74) is 1.55. The maximum Gasteiger partial charge on any atom is 0.243 e. The van der Waals surface area contributed by atoms with E-state index in [1.165, 1.54) is 4.90 Å². The number of ether oxygens (including phenoxy) is 1. The zero-order chi connectivity index (χ0) is 20.6. The van der Waals surface area contributed by atoms with E-state index in [1.807, 2.05) is 30.3 Å². The molecule has 0 saturated carbocycles. The first-order valence-electron chi connectivity index (χ1n) is 9.23. The van der Waals surface area contributed by atoms with Crippen LogP contribution in [-0.2, 0) is 16.0 Å². The Bertz CT molecular complexity index is 969. The maximum atomic E-state index is 12.3. The van der Waals surface area contributed by atoms with Crippen molar-refractivity contribution in [3.63, 3.8) is 0 Å². The number of hydrogen-bond donors (Lipinski definition) is 1. The molecule has 3 rings (SSSR count). The molecule has 7 nitrogen and oxygen atoms in total. The molecular weight excluding hydrogens is 370 g/mol. The molecule has 0 radical (unpaired) electrons. The van der Waals surface area contributed by atoms with Crippen molar-refractivity contribution in [1.82, 2.24) is 9.88 Å². The van der Waals surface area contributed by atoms with E-state index in [0.29, 0.717) is 29.5 Å². The van der Waals surface area contributed by atoms with Gasteiger partial charge in [-0.15, -0.1) is 0 Å². The summed E-state index contributed by atoms with van der Waals surface area (Å²) in [6, 6.07) is 16.7. The molecule has 1 N–H and O–H groups in total. The van der Waals surface area contributed by atoms with E-state index in [4.69, 9.17) is 9.15 Å². The third kappa shape index (κ3) is 5.68. The second kappa shape index (κ2) is 9.54. The molecule has 0 spiro atoms. The predicted molar refractivity (Wildman–Crippen MR) is 110 cm³/mol. The van der Waals surface area contributed by atoms with Crippen molar-refractivity contribution in [2.24, 2.45) is 0 Å². The number of likely N-dealkylation sites (N-methyl/N-ethyl adjacent to an activating group) is 1. The number of benzene rings is 2. The molecule has 0 aliphatic heterocycles. The molecule has 2 amide bonds. The third-order valence-corrected chi connectivity index (χ3v) is 4.32. The lowest BCUT2D eigenvalue weighted by atomic mass is 10.2. The van der Waals surface area contributed by atoms with Crippen LogP contribution in [-0.4, -0.2) is 42.4 Å². The third-order valence-electron chi connectivity index (χ3n) is 4.32. The fourth-order valence-corrected chi connectivity index (χ4v) is 2.77. The lowest BCUT2D eigenvalue weighted by molar-refractivity contribution is -0.133. The Morgan fingerprint density at radius 2 is 1.93 bits per heavy atom. The minimum Gasteiger partial charge on any atom is -0.497 e. The number of nitrogens with zero attached hydrogens (tertiary/aromatic N) is 2. The first-order chi connectivity index (χ1) is 14.0. The zero-order valence-electron chi connectivity index (χ0n) is 16.4. The van der Waals surface area contributed by atoms with Gasteiger partial charge in [0.1, 0.15) is 5.75 Å². The summed E-state index contributed by atoms with van der Waals surface area (Å²) >= 11 is 0. The number of methoxy groups -OCH3 is 1. The molecule has 0 aliphatic carbocycles. The smallest absolute Gasteiger partial charge is 0.243 e. The Balaban J connectivity index is 1.48. The van der Waals surface area contributed by atoms with E-state index >= 15 is 0 Å². The molecule has 150 valence electrons. The van der Waals surface area contributed by atoms with Gasteiger partial charge in [-0.2, -0.15) is 0 Å². The average molecular weight is 393 g/mol. The Hall–Kier alpha value is -3.61. The summed E-state index contributed by atoms with van der Waals surface area (Å²) in [6.07, 6.45) is 2.23. The molecule has 1 aromatic heterocycles. The molecule has 0 atom stereocenters. The lowest BCUT2D eigenvalue weighted by Crippen LogP contribution is -2.35. The summed E-state index contributed by atoms with van der Waals surface area (Å²) in [6.45, 7) is -0.0448. The SMILES string of the molecule is COc1cccc(NC(=O)CN(C)C(=O)CCc2ncc(-c3ccccc3)o2)c1. The van der Waals surface area contributed by atoms with Crippen LogP contribution < -0.4 is 10.1 Å². The highest BCUT2D eigenvalue weighted by Crippen LogP contribution is 2.20. The van der Waals surface area contributed by atoms with Gasteiger partial charge in [-0.25, -0.2) is 4.98 Å². The first kappa shape index (κ1) is 20.1. The lowest BCUT2D eigenvalue weighted by Gasteiger charge is -2.16. The Kier molecular flexibility index (Phi) is 6.63. The van der Waals surface area contributed by atoms with Crippen molar-refractivity contribution in [2.75, 3.05) is 26.0 Å². The summed E-state index contributed by atoms with van der Waals surface area (Å²) in [5.74, 6) is 1.36. The quantitative estimate of drug-likeness (QED) is 0.634. The first-order valence-corrected chi connectivity index (χ1v) is 9.23. The average Bonchev–Trinajstić information content (AvgIpc) is 3.21. The summed E-state index contributed by atoms with van der Waals surface area (Å²) in [5, 5.41) is 2.75. The number of aromatic nitrogens is 1. The van der Waals surface area contributed by atoms with Gasteiger partial charge in [0.2, 0.25) is 11.8 Å². The Morgan fingerprint density at radius 1 is 1.14 bits per heavy atom. The molecular formula is C22H23N3O4. The van der Waals surface area contributed by atoms with Crippen LogP contribution in [0.5, 0.6) is 5.75 Å². The zero-order valence-corrected chi connectivity index (χ0v) is 16.4. The van der Waals surface area contributed by atoms with E-state index in [-0.39, 0.29) is 24.8 Å². The molecule has 3 aromatic rings. The van der Waals surface area contributed by atoms with Gasteiger partial charge in [0.15, 0.2) is 11.7 Å². The van der Waals surface area contributed by atoms with E-state index in [1.54, 1.807) is 44.6 Å². The number of nitrogens with one attached hydrogen (secondary N) is 1. The van der Waals surface area contributed by atoms with E-state index < -0.39 is 0 Å². The largest absolute Gasteiger partial charge is 0.497 e. The number of aryl methyl sites for hydroxylation is 1. The Labute approximate surface area is 169 Å². The van der Waals surface area contributed by atoms with Crippen LogP contribution in [0.4, 0.5) is 5.69 Å². The summed E-state index contributed by atoms with van der Waals surface area (Å²) < 4.78 is 10.8. The van der Waals surface area contributed by atoms with Gasteiger partial charge < -0.3 is 19.4 Å². The van der Waals surface area contributed by atoms with Crippen LogP contribution in [0, 0.1) is 0 Å². The number of carbonyl (C=O) groups excluding carboxylic acids is 2. The Morgan fingerprint density at radius 3 is 2.69 bits per heavy atom. The number of hydrogen-bond acceptors (Lipinski definition) is 5. The van der Waals surface area contributed by atoms with Crippen molar-refractivity contribution in [3.05, 3.63) is 66.7 Å². The van der Waals surface area contributed by atoms with E-state index in [9.17, 15) is 9.59 Å². The highest BCUT2D eigenvalue weighted by Gasteiger charge is 2.15. The summed E-state index contributed by atoms with van der Waals surface area (Å²) in [4.78, 5) is 30.1. The second-order valence-corrected chi connectivity index (χ2v) is 6.51. The van der Waals surface area contributed by atoms with Crippen molar-refractivity contribution in [1.29, 1.82) is 0 Å². The molecule has 0 unspecified atom stereocenters. The molecule has 0 bridgehead atoms. The van der Waals surface area contributed by atoms with Crippen LogP contribution in [0.3, 0.4) is 0 Å². The fraction of sp³-hybridized carbons (Fsp3) is 0.227. The minimum atomic E-state index is -0.281. The van der Waals surface area contributed by atoms with Gasteiger partial charge in [0, 0.05) is 37.2 Å². The molecule has 0 fully saturated rings. The number of carbonyl (C=O) groups is 2. The number of oxazole rings is 1. The number of amides is 2. The number of anilines is 1. The summed E-state index contributed by atoms with van der Waals surface area (Å²) in [7, 11) is 3.16. The molecule has 1 heterocycles. The van der Waals surface area contributed by atoms with Crippen LogP contribution in [0.2, 0.25) is 0 Å². The molecule has 0 saturated heterocycles. The van der Waals surface area contributed by atoms with Crippen molar-refractivity contribution < 1.29 is 18.7 Å². The van der Waals surface area contributed by atoms with Gasteiger partial charge in [0.25, 0.3) is 0 Å². The van der Waals surface area contributed by atoms with Crippen LogP contribution in [0.15, 0.2) is 65.2 Å². The molecule has 29 heavy (non-hydrogen) atoms. The normalized spacial score (nSPS) is 10.4. The molecule has 2 aromatic carbocycles. The predicted octanol–water partition coefficient (Wildman–Crippen LogP) is 3.38. The van der Waals surface area contributed by atoms with Crippen LogP contribution in [0.25, 0.3) is 11.3 Å². The van der Waals surface area contributed by atoms with Crippen molar-refractivity contribution >= 4 is 17.5 Å². The maximum absolute atomic E-state index is 12.3. The van der Waals surface area contributed by atoms with Crippen LogP contribution in [0.1, 0.15) is 12.3 Å². The van der Waals surface area contributed by atoms with Gasteiger partial charge in [-0.3, -0.25) is 9.59 Å². The highest BCUT2D eigenvalue weighted by atomic mass is 16.5. The van der Waals surface area contributed by atoms with E-state index in [2.05, 4.69) is 10.3 Å². The topological polar surface area (TPSA) is 84.7 Å². The van der Waals surface area contributed by atoms with Gasteiger partial charge in [0.05, 0.1) is 19.9 Å². The van der Waals surface area contributed by atoms with Gasteiger partial charge in [-0.05, 0) is 12.1 Å². The van der Waals surface area contributed by atoms with Gasteiger partial charge in [-0.1, -0.05) is 36.4 Å². The minimum absolute atomic E-state index is 0.0448. The van der Waals surface area contributed by atoms with Crippen LogP contribution >= 0.6 is 0 Å².